The number of carbonyl (C=O) groups is 4. The summed E-state index contributed by atoms with van der Waals surface area (Å²) in [6.07, 6.45) is 1.37. The van der Waals surface area contributed by atoms with Gasteiger partial charge >= 0.3 is 5.97 Å². The van der Waals surface area contributed by atoms with E-state index < -0.39 is 51.5 Å². The number of β-lactam (4-membered cyclic amide) rings is 1. The fourth-order valence-corrected chi connectivity index (χ4v) is 4.92. The second-order valence-corrected chi connectivity index (χ2v) is 12.8. The number of amides is 3. The van der Waals surface area contributed by atoms with Gasteiger partial charge in [0.2, 0.25) is 5.60 Å². The van der Waals surface area contributed by atoms with Crippen LogP contribution in [0.15, 0.2) is 16.7 Å². The number of aromatic nitrogens is 4. The van der Waals surface area contributed by atoms with E-state index in [1.54, 1.807) is 0 Å². The van der Waals surface area contributed by atoms with Crippen molar-refractivity contribution in [2.24, 2.45) is 5.16 Å². The van der Waals surface area contributed by atoms with Gasteiger partial charge in [-0.3, -0.25) is 14.4 Å². The third-order valence-electron chi connectivity index (χ3n) is 5.60. The van der Waals surface area contributed by atoms with Crippen LogP contribution in [0.1, 0.15) is 25.2 Å². The van der Waals surface area contributed by atoms with E-state index in [4.69, 9.17) is 10.6 Å². The number of hydrogen-bond acceptors (Lipinski definition) is 14. The Morgan fingerprint density at radius 1 is 1.31 bits per heavy atom. The van der Waals surface area contributed by atoms with E-state index in [9.17, 15) is 37.3 Å². The molecule has 0 unspecified atom stereocenters. The summed E-state index contributed by atoms with van der Waals surface area (Å²) in [5, 5.41) is 27.0. The first kappa shape index (κ1) is 32.3. The van der Waals surface area contributed by atoms with Gasteiger partial charge in [-0.05, 0) is 13.8 Å². The lowest BCUT2D eigenvalue weighted by Crippen LogP contribution is -2.73. The molecule has 2 aromatic heterocycles. The van der Waals surface area contributed by atoms with E-state index in [-0.39, 0.29) is 40.7 Å². The zero-order valence-corrected chi connectivity index (χ0v) is 24.8. The Kier molecular flexibility index (Phi) is 9.19. The number of rotatable bonds is 13. The van der Waals surface area contributed by atoms with Gasteiger partial charge < -0.3 is 35.3 Å². The number of carbonyl (C=O) groups excluding carboxylic acids is 3. The summed E-state index contributed by atoms with van der Waals surface area (Å²) in [5.41, 5.74) is 3.42. The summed E-state index contributed by atoms with van der Waals surface area (Å²) in [6.45, 7) is 2.18. The van der Waals surface area contributed by atoms with E-state index in [1.165, 1.54) is 25.4 Å². The number of nitrogens with two attached hydrogens (primary N) is 1. The van der Waals surface area contributed by atoms with E-state index >= 15 is 0 Å². The van der Waals surface area contributed by atoms with Crippen LogP contribution in [0, 0.1) is 0 Å². The molecule has 0 saturated carbocycles. The molecule has 1 aliphatic rings. The van der Waals surface area contributed by atoms with Crippen molar-refractivity contribution in [1.82, 2.24) is 34.9 Å². The van der Waals surface area contributed by atoms with Crippen LogP contribution >= 0.6 is 11.3 Å². The number of nitrogens with one attached hydrogen (secondary N) is 2. The van der Waals surface area contributed by atoms with Crippen LogP contribution in [0.5, 0.6) is 0 Å². The highest BCUT2D eigenvalue weighted by atomic mass is 32.2. The number of hydrogen-bond donors (Lipinski definition) is 4. The van der Waals surface area contributed by atoms with E-state index in [0.717, 1.165) is 16.0 Å². The molecule has 3 amide bonds. The number of carboxylic acid groups (broad SMARTS) is 1. The normalized spacial score (nSPS) is 17.9. The number of quaternary nitrogens is 1. The van der Waals surface area contributed by atoms with E-state index in [2.05, 4.69) is 31.1 Å². The molecule has 42 heavy (non-hydrogen) atoms. The molecule has 0 aliphatic carbocycles. The Bertz CT molecular complexity index is 1510. The minimum absolute atomic E-state index is 0.00938. The number of likely N-dealkylation sites (N-methyl/N-ethyl adjacent to an activating group) is 1. The van der Waals surface area contributed by atoms with Crippen molar-refractivity contribution in [2.45, 2.75) is 44.6 Å². The zero-order valence-electron chi connectivity index (χ0n) is 23.2. The molecule has 19 nitrogen and oxygen atoms in total. The molecule has 3 heterocycles. The minimum Gasteiger partial charge on any atom is -0.731 e. The van der Waals surface area contributed by atoms with Crippen molar-refractivity contribution < 1.29 is 46.6 Å². The maximum Gasteiger partial charge on any atom is 0.350 e. The van der Waals surface area contributed by atoms with Crippen LogP contribution in [-0.4, -0.2) is 122 Å². The van der Waals surface area contributed by atoms with E-state index in [0.29, 0.717) is 10.2 Å². The summed E-state index contributed by atoms with van der Waals surface area (Å²) < 4.78 is 37.0. The lowest BCUT2D eigenvalue weighted by Gasteiger charge is -2.47. The van der Waals surface area contributed by atoms with Crippen molar-refractivity contribution >= 4 is 56.2 Å². The molecule has 0 aromatic carbocycles. The molecular weight excluding hydrogens is 600 g/mol. The summed E-state index contributed by atoms with van der Waals surface area (Å²) in [6, 6.07) is -2.95. The Hall–Kier alpha value is -4.21. The third-order valence-corrected chi connectivity index (χ3v) is 7.21. The van der Waals surface area contributed by atoms with Gasteiger partial charge in [-0.2, -0.15) is 0 Å². The zero-order chi connectivity index (χ0) is 31.6. The van der Waals surface area contributed by atoms with Gasteiger partial charge in [0.1, 0.15) is 17.4 Å². The van der Waals surface area contributed by atoms with Crippen molar-refractivity contribution in [3.8, 4) is 0 Å². The second-order valence-electron chi connectivity index (χ2n) is 10.7. The molecular formula is C21H30N10O9S2. The molecule has 2 atom stereocenters. The molecule has 230 valence electrons. The molecule has 2 aromatic rings. The Morgan fingerprint density at radius 3 is 2.52 bits per heavy atom. The minimum atomic E-state index is -5.28. The number of carboxylic acids is 1. The van der Waals surface area contributed by atoms with Crippen LogP contribution < -0.4 is 16.4 Å². The molecule has 0 radical (unpaired) electrons. The van der Waals surface area contributed by atoms with Gasteiger partial charge in [-0.1, -0.05) is 10.4 Å². The number of nitrogen functional groups attached to an aromatic ring is 1. The summed E-state index contributed by atoms with van der Waals surface area (Å²) in [7, 11) is 0.239. The van der Waals surface area contributed by atoms with Crippen LogP contribution in [0.2, 0.25) is 0 Å². The molecule has 1 aliphatic heterocycles. The number of aliphatic carboxylic acids is 1. The Labute approximate surface area is 243 Å². The molecule has 1 fully saturated rings. The first-order valence-electron chi connectivity index (χ1n) is 12.1. The molecule has 3 rings (SSSR count). The molecule has 0 bridgehead atoms. The van der Waals surface area contributed by atoms with Crippen molar-refractivity contribution in [3.05, 3.63) is 23.0 Å². The summed E-state index contributed by atoms with van der Waals surface area (Å²) in [4.78, 5) is 58.3. The average molecular weight is 631 g/mol. The highest BCUT2D eigenvalue weighted by Crippen LogP contribution is 2.25. The Balaban J connectivity index is 1.80. The average Bonchev–Trinajstić information content (AvgIpc) is 3.47. The molecule has 1 saturated heterocycles. The van der Waals surface area contributed by atoms with Gasteiger partial charge in [0.25, 0.3) is 17.7 Å². The van der Waals surface area contributed by atoms with Crippen molar-refractivity contribution in [3.63, 3.8) is 0 Å². The largest absolute Gasteiger partial charge is 0.731 e. The van der Waals surface area contributed by atoms with Crippen LogP contribution in [0.4, 0.5) is 5.13 Å². The van der Waals surface area contributed by atoms with Crippen LogP contribution in [-0.2, 0) is 47.4 Å². The number of anilines is 1. The first-order valence-corrected chi connectivity index (χ1v) is 14.3. The van der Waals surface area contributed by atoms with Crippen LogP contribution in [0.3, 0.4) is 0 Å². The number of nitrogens with zero attached hydrogens (tertiary/aromatic N) is 7. The van der Waals surface area contributed by atoms with E-state index in [1.807, 2.05) is 21.1 Å². The smallest absolute Gasteiger partial charge is 0.350 e. The summed E-state index contributed by atoms with van der Waals surface area (Å²) >= 11 is 0.938. The van der Waals surface area contributed by atoms with Crippen LogP contribution in [0.25, 0.3) is 0 Å². The maximum absolute atomic E-state index is 13.2. The third kappa shape index (κ3) is 7.96. The van der Waals surface area contributed by atoms with Crippen molar-refractivity contribution in [1.29, 1.82) is 0 Å². The topological polar surface area (TPSA) is 264 Å². The fourth-order valence-electron chi connectivity index (χ4n) is 3.52. The fraction of sp³-hybridized carbons (Fsp3) is 0.524. The molecule has 21 heteroatoms. The van der Waals surface area contributed by atoms with Crippen molar-refractivity contribution in [2.75, 3.05) is 33.4 Å². The van der Waals surface area contributed by atoms with Gasteiger partial charge in [0, 0.05) is 5.38 Å². The van der Waals surface area contributed by atoms with Gasteiger partial charge in [0.15, 0.2) is 27.7 Å². The highest BCUT2D eigenvalue weighted by molar-refractivity contribution is 7.84. The summed E-state index contributed by atoms with van der Waals surface area (Å²) in [5.74, 6) is -3.95. The number of thiazole rings is 1. The van der Waals surface area contributed by atoms with Gasteiger partial charge in [-0.15, -0.1) is 16.4 Å². The van der Waals surface area contributed by atoms with Gasteiger partial charge in [0.05, 0.1) is 46.5 Å². The highest BCUT2D eigenvalue weighted by Gasteiger charge is 2.52. The lowest BCUT2D eigenvalue weighted by atomic mass is 9.98. The lowest BCUT2D eigenvalue weighted by molar-refractivity contribution is -0.862. The number of oxime groups is 1. The predicted octanol–water partition coefficient (Wildman–Crippen LogP) is -2.92. The Morgan fingerprint density at radius 2 is 1.98 bits per heavy atom. The predicted molar refractivity (Wildman–Crippen MR) is 143 cm³/mol. The maximum atomic E-state index is 13.2. The quantitative estimate of drug-likeness (QED) is 0.0569. The standard InChI is InChI=1S/C21H30N10O9S2/c1-21(2,19(35)36)40-27-15(12-10-41-20(22)24-12)17(33)25-16-13(30(18(16)34)42(37,38)39)8-29-7-11(26-28-29)6-23-14(32)9-31(3,4)5/h7,10,13,16H,6,8-9H2,1-5H3,(H5-,22,23,24,25,32,33,35,36,37,38,39)/t13-,16+/m1/s1. The second kappa shape index (κ2) is 12.0. The van der Waals surface area contributed by atoms with Gasteiger partial charge in [-0.25, -0.2) is 27.2 Å². The SMILES string of the molecule is CC(C)(ON=C(C(=O)N[C@@H]1C(=O)N(S(=O)(=O)[O-])[C@@H]1Cn1cc(CNC(=O)C[N+](C)(C)C)nn1)c1csc(N)n1)C(=O)O. The molecule has 0 spiro atoms. The monoisotopic (exact) mass is 630 g/mol. The molecule has 5 N–H and O–H groups in total. The first-order chi connectivity index (χ1) is 19.3.